The van der Waals surface area contributed by atoms with E-state index >= 15 is 0 Å². The van der Waals surface area contributed by atoms with E-state index < -0.39 is 18.3 Å². The van der Waals surface area contributed by atoms with Crippen molar-refractivity contribution in [1.29, 1.82) is 0 Å². The summed E-state index contributed by atoms with van der Waals surface area (Å²) in [6.45, 7) is 2.87. The van der Waals surface area contributed by atoms with Crippen molar-refractivity contribution in [3.05, 3.63) is 0 Å². The highest BCUT2D eigenvalue weighted by molar-refractivity contribution is 5.80. The molecule has 2 aliphatic rings. The summed E-state index contributed by atoms with van der Waals surface area (Å²) in [6, 6.07) is -0.0478. The number of rotatable bonds is 5. The van der Waals surface area contributed by atoms with Crippen LogP contribution in [0.2, 0.25) is 0 Å². The average molecular weight is 336 g/mol. The van der Waals surface area contributed by atoms with Gasteiger partial charge < -0.3 is 15.7 Å². The van der Waals surface area contributed by atoms with Crippen LogP contribution in [0.5, 0.6) is 0 Å². The summed E-state index contributed by atoms with van der Waals surface area (Å²) in [7, 11) is 0. The fourth-order valence-electron chi connectivity index (χ4n) is 3.28. The summed E-state index contributed by atoms with van der Waals surface area (Å²) in [6.07, 6.45) is 0.0669. The number of likely N-dealkylation sites (tertiary alicyclic amines) is 1. The lowest BCUT2D eigenvalue weighted by molar-refractivity contribution is -0.143. The summed E-state index contributed by atoms with van der Waals surface area (Å²) in [4.78, 5) is 5.84. The van der Waals surface area contributed by atoms with Crippen molar-refractivity contribution >= 4 is 5.96 Å². The minimum Gasteiger partial charge on any atom is -0.388 e. The van der Waals surface area contributed by atoms with E-state index in [4.69, 9.17) is 0 Å². The third kappa shape index (κ3) is 6.18. The first kappa shape index (κ1) is 18.3. The van der Waals surface area contributed by atoms with Crippen LogP contribution in [0.25, 0.3) is 0 Å². The highest BCUT2D eigenvalue weighted by Crippen LogP contribution is 2.29. The zero-order valence-electron chi connectivity index (χ0n) is 13.6. The first-order valence-electron chi connectivity index (χ1n) is 8.36. The smallest absolute Gasteiger partial charge is 0.388 e. The van der Waals surface area contributed by atoms with E-state index in [1.54, 1.807) is 0 Å². The lowest BCUT2D eigenvalue weighted by Crippen LogP contribution is -2.46. The van der Waals surface area contributed by atoms with Gasteiger partial charge in [0.05, 0.1) is 18.7 Å². The van der Waals surface area contributed by atoms with Gasteiger partial charge in [0.15, 0.2) is 5.96 Å². The molecule has 0 spiro atoms. The quantitative estimate of drug-likeness (QED) is 0.526. The minimum absolute atomic E-state index is 0.0478. The SMILES string of the molecule is CCNC(=NCC1(O)CCCC1)NC1CCN(CC(F)(F)F)C1. The number of aliphatic imine (C=N–C) groups is 1. The number of halogens is 3. The van der Waals surface area contributed by atoms with Gasteiger partial charge in [0, 0.05) is 25.7 Å². The van der Waals surface area contributed by atoms with Gasteiger partial charge in [0.25, 0.3) is 0 Å². The fraction of sp³-hybridized carbons (Fsp3) is 0.933. The lowest BCUT2D eigenvalue weighted by Gasteiger charge is -2.22. The molecule has 1 heterocycles. The van der Waals surface area contributed by atoms with Crippen molar-refractivity contribution in [2.24, 2.45) is 4.99 Å². The van der Waals surface area contributed by atoms with Crippen LogP contribution in [0.15, 0.2) is 4.99 Å². The molecule has 0 bridgehead atoms. The van der Waals surface area contributed by atoms with Gasteiger partial charge in [-0.05, 0) is 26.2 Å². The molecule has 1 unspecified atom stereocenters. The second-order valence-corrected chi connectivity index (χ2v) is 6.61. The molecule has 2 rings (SSSR count). The number of nitrogens with one attached hydrogen (secondary N) is 2. The van der Waals surface area contributed by atoms with Gasteiger partial charge in [-0.25, -0.2) is 0 Å². The van der Waals surface area contributed by atoms with E-state index in [1.807, 2.05) is 6.92 Å². The van der Waals surface area contributed by atoms with E-state index in [0.29, 0.717) is 38.6 Å². The van der Waals surface area contributed by atoms with Crippen LogP contribution < -0.4 is 10.6 Å². The lowest BCUT2D eigenvalue weighted by atomic mass is 10.0. The van der Waals surface area contributed by atoms with Crippen LogP contribution in [0.1, 0.15) is 39.0 Å². The Bertz CT molecular complexity index is 408. The van der Waals surface area contributed by atoms with Crippen molar-refractivity contribution in [2.45, 2.75) is 56.8 Å². The number of hydrogen-bond acceptors (Lipinski definition) is 3. The molecule has 1 aliphatic heterocycles. The third-order valence-electron chi connectivity index (χ3n) is 4.43. The molecular weight excluding hydrogens is 309 g/mol. The molecule has 0 aromatic carbocycles. The van der Waals surface area contributed by atoms with Crippen LogP contribution in [0.4, 0.5) is 13.2 Å². The van der Waals surface area contributed by atoms with Gasteiger partial charge in [-0.3, -0.25) is 9.89 Å². The summed E-state index contributed by atoms with van der Waals surface area (Å²) < 4.78 is 37.3. The molecule has 23 heavy (non-hydrogen) atoms. The zero-order chi connectivity index (χ0) is 16.9. The minimum atomic E-state index is -4.15. The molecule has 0 aromatic heterocycles. The van der Waals surface area contributed by atoms with Crippen LogP contribution in [0.3, 0.4) is 0 Å². The van der Waals surface area contributed by atoms with Crippen LogP contribution in [0, 0.1) is 0 Å². The highest BCUT2D eigenvalue weighted by atomic mass is 19.4. The molecule has 1 saturated heterocycles. The molecule has 1 saturated carbocycles. The van der Waals surface area contributed by atoms with Crippen LogP contribution in [-0.4, -0.2) is 66.5 Å². The van der Waals surface area contributed by atoms with Gasteiger partial charge in [0.2, 0.25) is 0 Å². The Hall–Kier alpha value is -1.02. The Kier molecular flexibility index (Phi) is 6.13. The van der Waals surface area contributed by atoms with Gasteiger partial charge in [-0.1, -0.05) is 12.8 Å². The van der Waals surface area contributed by atoms with Gasteiger partial charge in [0.1, 0.15) is 0 Å². The van der Waals surface area contributed by atoms with Crippen molar-refractivity contribution in [2.75, 3.05) is 32.7 Å². The molecule has 8 heteroatoms. The van der Waals surface area contributed by atoms with Crippen molar-refractivity contribution in [3.8, 4) is 0 Å². The largest absolute Gasteiger partial charge is 0.401 e. The zero-order valence-corrected chi connectivity index (χ0v) is 13.6. The third-order valence-corrected chi connectivity index (χ3v) is 4.43. The fourth-order valence-corrected chi connectivity index (χ4v) is 3.28. The standard InChI is InChI=1S/C15H27F3N4O/c1-2-19-13(20-10-14(23)6-3-4-7-14)21-12-5-8-22(9-12)11-15(16,17)18/h12,23H,2-11H2,1H3,(H2,19,20,21). The first-order valence-corrected chi connectivity index (χ1v) is 8.36. The summed E-state index contributed by atoms with van der Waals surface area (Å²) in [5.74, 6) is 0.576. The average Bonchev–Trinajstić information content (AvgIpc) is 3.05. The van der Waals surface area contributed by atoms with Crippen molar-refractivity contribution in [3.63, 3.8) is 0 Å². The van der Waals surface area contributed by atoms with E-state index in [2.05, 4.69) is 15.6 Å². The predicted molar refractivity (Wildman–Crippen MR) is 83.4 cm³/mol. The predicted octanol–water partition coefficient (Wildman–Crippen LogP) is 1.48. The highest BCUT2D eigenvalue weighted by Gasteiger charge is 2.35. The maximum atomic E-state index is 12.4. The molecule has 0 radical (unpaired) electrons. The summed E-state index contributed by atoms with van der Waals surface area (Å²) >= 11 is 0. The molecular formula is C15H27F3N4O. The monoisotopic (exact) mass is 336 g/mol. The van der Waals surface area contributed by atoms with E-state index in [9.17, 15) is 18.3 Å². The number of hydrogen-bond donors (Lipinski definition) is 3. The number of nitrogens with zero attached hydrogens (tertiary/aromatic N) is 2. The molecule has 1 aliphatic carbocycles. The first-order chi connectivity index (χ1) is 10.8. The molecule has 134 valence electrons. The maximum absolute atomic E-state index is 12.4. The van der Waals surface area contributed by atoms with Gasteiger partial charge >= 0.3 is 6.18 Å². The Morgan fingerprint density at radius 1 is 1.35 bits per heavy atom. The normalized spacial score (nSPS) is 25.8. The molecule has 1 atom stereocenters. The second kappa shape index (κ2) is 7.70. The van der Waals surface area contributed by atoms with Crippen molar-refractivity contribution < 1.29 is 18.3 Å². The van der Waals surface area contributed by atoms with Gasteiger partial charge in [-0.15, -0.1) is 0 Å². The molecule has 0 amide bonds. The molecule has 0 aromatic rings. The summed E-state index contributed by atoms with van der Waals surface area (Å²) in [5, 5.41) is 16.6. The van der Waals surface area contributed by atoms with Crippen LogP contribution >= 0.6 is 0 Å². The molecule has 5 nitrogen and oxygen atoms in total. The number of alkyl halides is 3. The van der Waals surface area contributed by atoms with Crippen LogP contribution in [-0.2, 0) is 0 Å². The Morgan fingerprint density at radius 3 is 2.65 bits per heavy atom. The van der Waals surface area contributed by atoms with Crippen molar-refractivity contribution in [1.82, 2.24) is 15.5 Å². The van der Waals surface area contributed by atoms with E-state index in [0.717, 1.165) is 25.7 Å². The molecule has 2 fully saturated rings. The van der Waals surface area contributed by atoms with E-state index in [-0.39, 0.29) is 6.04 Å². The number of aliphatic hydroxyl groups is 1. The Balaban J connectivity index is 1.84. The maximum Gasteiger partial charge on any atom is 0.401 e. The van der Waals surface area contributed by atoms with Gasteiger partial charge in [-0.2, -0.15) is 13.2 Å². The number of guanidine groups is 1. The van der Waals surface area contributed by atoms with E-state index in [1.165, 1.54) is 4.90 Å². The Labute approximate surface area is 135 Å². The molecule has 3 N–H and O–H groups in total. The second-order valence-electron chi connectivity index (χ2n) is 6.61. The topological polar surface area (TPSA) is 59.9 Å². The summed E-state index contributed by atoms with van der Waals surface area (Å²) in [5.41, 5.74) is -0.722. The Morgan fingerprint density at radius 2 is 2.04 bits per heavy atom.